The number of rotatable bonds is 3. The number of likely N-dealkylation sites (tertiary alicyclic amines) is 1. The Hall–Kier alpha value is -1.01. The van der Waals surface area contributed by atoms with Crippen LogP contribution >= 0.6 is 23.4 Å². The summed E-state index contributed by atoms with van der Waals surface area (Å²) < 4.78 is 5.45. The fourth-order valence-corrected chi connectivity index (χ4v) is 3.16. The molecule has 1 amide bonds. The second-order valence-corrected chi connectivity index (χ2v) is 7.39. The highest BCUT2D eigenvalue weighted by Crippen LogP contribution is 2.25. The molecular formula is C14H20ClN3O2S. The summed E-state index contributed by atoms with van der Waals surface area (Å²) in [6.07, 6.45) is 4.92. The van der Waals surface area contributed by atoms with Crippen molar-refractivity contribution < 1.29 is 9.53 Å². The van der Waals surface area contributed by atoms with Crippen molar-refractivity contribution >= 4 is 29.5 Å². The van der Waals surface area contributed by atoms with E-state index in [1.54, 1.807) is 12.4 Å². The number of aromatic nitrogens is 2. The zero-order valence-corrected chi connectivity index (χ0v) is 14.1. The van der Waals surface area contributed by atoms with Crippen LogP contribution in [0.4, 0.5) is 4.79 Å². The minimum atomic E-state index is -0.462. The molecule has 0 unspecified atom stereocenters. The third-order valence-corrected chi connectivity index (χ3v) is 4.22. The third-order valence-electron chi connectivity index (χ3n) is 3.01. The van der Waals surface area contributed by atoms with E-state index >= 15 is 0 Å². The zero-order chi connectivity index (χ0) is 15.5. The van der Waals surface area contributed by atoms with E-state index in [1.165, 1.54) is 11.8 Å². The average Bonchev–Trinajstić information content (AvgIpc) is 2.84. The minimum absolute atomic E-state index is 0.170. The second kappa shape index (κ2) is 6.83. The molecule has 1 atom stereocenters. The van der Waals surface area contributed by atoms with Gasteiger partial charge in [-0.25, -0.2) is 14.8 Å². The molecule has 116 valence electrons. The Labute approximate surface area is 134 Å². The molecule has 1 aromatic rings. The number of carbonyl (C=O) groups excluding carboxylic acids is 1. The maximum atomic E-state index is 12.2. The van der Waals surface area contributed by atoms with Crippen molar-refractivity contribution in [1.82, 2.24) is 14.9 Å². The van der Waals surface area contributed by atoms with E-state index in [2.05, 4.69) is 9.97 Å². The van der Waals surface area contributed by atoms with Crippen LogP contribution in [0.25, 0.3) is 0 Å². The standard InChI is InChI=1S/C14H20ClN3O2S/c1-14(2,3)20-13(19)18-6-4-5-11(18)9-21-12-16-7-10(15)8-17-12/h7-8,11H,4-6,9H2,1-3H3/t11-/m1/s1. The molecule has 0 radical (unpaired) electrons. The summed E-state index contributed by atoms with van der Waals surface area (Å²) in [5.41, 5.74) is -0.462. The van der Waals surface area contributed by atoms with Gasteiger partial charge in [-0.3, -0.25) is 0 Å². The monoisotopic (exact) mass is 329 g/mol. The molecule has 1 saturated heterocycles. The first-order chi connectivity index (χ1) is 9.85. The Bertz CT molecular complexity index is 490. The largest absolute Gasteiger partial charge is 0.444 e. The summed E-state index contributed by atoms with van der Waals surface area (Å²) in [5.74, 6) is 0.765. The Kier molecular flexibility index (Phi) is 5.32. The van der Waals surface area contributed by atoms with Gasteiger partial charge in [0.2, 0.25) is 0 Å². The van der Waals surface area contributed by atoms with Crippen LogP contribution in [0.3, 0.4) is 0 Å². The van der Waals surface area contributed by atoms with Gasteiger partial charge in [0, 0.05) is 18.3 Å². The van der Waals surface area contributed by atoms with Crippen LogP contribution in [-0.4, -0.2) is 44.9 Å². The van der Waals surface area contributed by atoms with Gasteiger partial charge in [0.15, 0.2) is 5.16 Å². The van der Waals surface area contributed by atoms with E-state index < -0.39 is 5.60 Å². The highest BCUT2D eigenvalue weighted by Gasteiger charge is 2.32. The second-order valence-electron chi connectivity index (χ2n) is 5.96. The number of hydrogen-bond acceptors (Lipinski definition) is 5. The lowest BCUT2D eigenvalue weighted by molar-refractivity contribution is 0.0242. The number of thioether (sulfide) groups is 1. The van der Waals surface area contributed by atoms with Gasteiger partial charge >= 0.3 is 6.09 Å². The molecule has 2 rings (SSSR count). The highest BCUT2D eigenvalue weighted by atomic mass is 35.5. The maximum Gasteiger partial charge on any atom is 0.410 e. The summed E-state index contributed by atoms with van der Waals surface area (Å²) >= 11 is 7.30. The van der Waals surface area contributed by atoms with Gasteiger partial charge in [-0.15, -0.1) is 0 Å². The molecule has 7 heteroatoms. The summed E-state index contributed by atoms with van der Waals surface area (Å²) in [6, 6.07) is 0.170. The van der Waals surface area contributed by atoms with E-state index in [9.17, 15) is 4.79 Å². The van der Waals surface area contributed by atoms with Crippen LogP contribution in [0.15, 0.2) is 17.6 Å². The molecule has 0 bridgehead atoms. The van der Waals surface area contributed by atoms with Gasteiger partial charge in [0.05, 0.1) is 17.4 Å². The zero-order valence-electron chi connectivity index (χ0n) is 12.5. The van der Waals surface area contributed by atoms with Crippen molar-refractivity contribution in [1.29, 1.82) is 0 Å². The molecule has 5 nitrogen and oxygen atoms in total. The molecule has 0 aromatic carbocycles. The number of nitrogens with zero attached hydrogens (tertiary/aromatic N) is 3. The molecule has 0 saturated carbocycles. The van der Waals surface area contributed by atoms with Crippen molar-refractivity contribution in [2.24, 2.45) is 0 Å². The Balaban J connectivity index is 1.90. The van der Waals surface area contributed by atoms with Gasteiger partial charge < -0.3 is 9.64 Å². The normalized spacial score (nSPS) is 18.9. The smallest absolute Gasteiger partial charge is 0.410 e. The quantitative estimate of drug-likeness (QED) is 0.626. The van der Waals surface area contributed by atoms with Crippen molar-refractivity contribution in [3.05, 3.63) is 17.4 Å². The van der Waals surface area contributed by atoms with Gasteiger partial charge in [-0.1, -0.05) is 23.4 Å². The van der Waals surface area contributed by atoms with Crippen LogP contribution in [0.2, 0.25) is 5.02 Å². The SMILES string of the molecule is CC(C)(C)OC(=O)N1CCC[C@@H]1CSc1ncc(Cl)cn1. The van der Waals surface area contributed by atoms with Crippen molar-refractivity contribution in [3.63, 3.8) is 0 Å². The molecule has 1 aliphatic rings. The van der Waals surface area contributed by atoms with Crippen LogP contribution < -0.4 is 0 Å². The van der Waals surface area contributed by atoms with Crippen LogP contribution in [-0.2, 0) is 4.74 Å². The first kappa shape index (κ1) is 16.4. The van der Waals surface area contributed by atoms with Crippen molar-refractivity contribution in [2.75, 3.05) is 12.3 Å². The lowest BCUT2D eigenvalue weighted by atomic mass is 10.2. The number of halogens is 1. The van der Waals surface area contributed by atoms with Crippen LogP contribution in [0, 0.1) is 0 Å². The van der Waals surface area contributed by atoms with E-state index in [4.69, 9.17) is 16.3 Å². The molecule has 21 heavy (non-hydrogen) atoms. The Morgan fingerprint density at radius 3 is 2.76 bits per heavy atom. The summed E-state index contributed by atoms with van der Waals surface area (Å²) in [5, 5.41) is 1.20. The minimum Gasteiger partial charge on any atom is -0.444 e. The summed E-state index contributed by atoms with van der Waals surface area (Å²) in [7, 11) is 0. The van der Waals surface area contributed by atoms with E-state index in [-0.39, 0.29) is 12.1 Å². The van der Waals surface area contributed by atoms with Crippen LogP contribution in [0.1, 0.15) is 33.6 Å². The average molecular weight is 330 g/mol. The predicted molar refractivity (Wildman–Crippen MR) is 83.7 cm³/mol. The molecule has 1 fully saturated rings. The molecule has 1 aliphatic heterocycles. The van der Waals surface area contributed by atoms with Crippen LogP contribution in [0.5, 0.6) is 0 Å². The van der Waals surface area contributed by atoms with E-state index in [1.807, 2.05) is 25.7 Å². The van der Waals surface area contributed by atoms with Gasteiger partial charge in [0.1, 0.15) is 5.60 Å². The third kappa shape index (κ3) is 5.04. The fourth-order valence-electron chi connectivity index (χ4n) is 2.12. The van der Waals surface area contributed by atoms with Gasteiger partial charge in [-0.2, -0.15) is 0 Å². The first-order valence-electron chi connectivity index (χ1n) is 6.95. The lowest BCUT2D eigenvalue weighted by Gasteiger charge is -2.28. The number of amides is 1. The first-order valence-corrected chi connectivity index (χ1v) is 8.31. The Morgan fingerprint density at radius 2 is 2.14 bits per heavy atom. The van der Waals surface area contributed by atoms with E-state index in [0.717, 1.165) is 25.1 Å². The molecular weight excluding hydrogens is 310 g/mol. The molecule has 0 spiro atoms. The summed E-state index contributed by atoms with van der Waals surface area (Å²) in [4.78, 5) is 22.3. The number of ether oxygens (including phenoxy) is 1. The molecule has 2 heterocycles. The highest BCUT2D eigenvalue weighted by molar-refractivity contribution is 7.99. The molecule has 0 aliphatic carbocycles. The maximum absolute atomic E-state index is 12.2. The fraction of sp³-hybridized carbons (Fsp3) is 0.643. The van der Waals surface area contributed by atoms with Crippen molar-refractivity contribution in [2.45, 2.75) is 50.4 Å². The lowest BCUT2D eigenvalue weighted by Crippen LogP contribution is -2.40. The molecule has 1 aromatic heterocycles. The molecule has 0 N–H and O–H groups in total. The van der Waals surface area contributed by atoms with Gasteiger partial charge in [0.25, 0.3) is 0 Å². The number of carbonyl (C=O) groups is 1. The Morgan fingerprint density at radius 1 is 1.48 bits per heavy atom. The predicted octanol–water partition coefficient (Wildman–Crippen LogP) is 3.62. The van der Waals surface area contributed by atoms with E-state index in [0.29, 0.717) is 10.2 Å². The number of hydrogen-bond donors (Lipinski definition) is 0. The van der Waals surface area contributed by atoms with Gasteiger partial charge in [-0.05, 0) is 33.6 Å². The summed E-state index contributed by atoms with van der Waals surface area (Å²) in [6.45, 7) is 6.40. The topological polar surface area (TPSA) is 55.3 Å². The van der Waals surface area contributed by atoms with Crippen molar-refractivity contribution in [3.8, 4) is 0 Å².